The van der Waals surface area contributed by atoms with E-state index < -0.39 is 0 Å². The Morgan fingerprint density at radius 2 is 1.65 bits per heavy atom. The molecule has 0 saturated heterocycles. The highest BCUT2D eigenvalue weighted by atomic mass is 15.4. The molecule has 2 aromatic carbocycles. The van der Waals surface area contributed by atoms with E-state index in [-0.39, 0.29) is 0 Å². The molecule has 0 bridgehead atoms. The van der Waals surface area contributed by atoms with Gasteiger partial charge >= 0.3 is 0 Å². The van der Waals surface area contributed by atoms with Crippen molar-refractivity contribution in [2.75, 3.05) is 5.43 Å². The minimum Gasteiger partial charge on any atom is -0.321 e. The van der Waals surface area contributed by atoms with Gasteiger partial charge < -0.3 is 5.43 Å². The molecule has 1 atom stereocenters. The molecule has 2 heteroatoms. The third-order valence-corrected chi connectivity index (χ3v) is 3.30. The number of hydrogen-bond acceptors (Lipinski definition) is 2. The van der Waals surface area contributed by atoms with Crippen LogP contribution >= 0.6 is 0 Å². The Balaban J connectivity index is 1.68. The molecule has 0 radical (unpaired) electrons. The van der Waals surface area contributed by atoms with Crippen LogP contribution in [0.4, 0.5) is 5.69 Å². The van der Waals surface area contributed by atoms with Gasteiger partial charge in [-0.3, -0.25) is 0 Å². The minimum absolute atomic E-state index is 0.423. The predicted molar refractivity (Wildman–Crippen MR) is 70.7 cm³/mol. The van der Waals surface area contributed by atoms with Crippen LogP contribution in [0.25, 0.3) is 0 Å². The SMILES string of the molecule is c1ccc(NNC2CCc3ccccc32)cc1. The zero-order valence-electron chi connectivity index (χ0n) is 9.69. The van der Waals surface area contributed by atoms with Crippen molar-refractivity contribution in [2.45, 2.75) is 18.9 Å². The topological polar surface area (TPSA) is 24.1 Å². The maximum atomic E-state index is 3.40. The number of anilines is 1. The largest absolute Gasteiger partial charge is 0.321 e. The number of fused-ring (bicyclic) bond motifs is 1. The molecule has 17 heavy (non-hydrogen) atoms. The summed E-state index contributed by atoms with van der Waals surface area (Å²) in [6.45, 7) is 0. The van der Waals surface area contributed by atoms with Gasteiger partial charge in [0.25, 0.3) is 0 Å². The molecule has 86 valence electrons. The van der Waals surface area contributed by atoms with Crippen molar-refractivity contribution in [3.8, 4) is 0 Å². The van der Waals surface area contributed by atoms with E-state index in [0.29, 0.717) is 6.04 Å². The van der Waals surface area contributed by atoms with Crippen LogP contribution in [0.3, 0.4) is 0 Å². The van der Waals surface area contributed by atoms with Gasteiger partial charge in [0.05, 0.1) is 6.04 Å². The summed E-state index contributed by atoms with van der Waals surface area (Å²) in [7, 11) is 0. The van der Waals surface area contributed by atoms with Crippen LogP contribution in [-0.2, 0) is 6.42 Å². The molecular weight excluding hydrogens is 208 g/mol. The molecule has 1 aliphatic rings. The van der Waals surface area contributed by atoms with E-state index in [2.05, 4.69) is 47.2 Å². The first-order valence-electron chi connectivity index (χ1n) is 6.08. The molecule has 3 rings (SSSR count). The van der Waals surface area contributed by atoms with E-state index in [0.717, 1.165) is 5.69 Å². The Hall–Kier alpha value is -1.80. The van der Waals surface area contributed by atoms with E-state index >= 15 is 0 Å². The van der Waals surface area contributed by atoms with E-state index in [4.69, 9.17) is 0 Å². The van der Waals surface area contributed by atoms with Crippen LogP contribution in [0, 0.1) is 0 Å². The molecule has 2 nitrogen and oxygen atoms in total. The quantitative estimate of drug-likeness (QED) is 0.782. The van der Waals surface area contributed by atoms with Crippen LogP contribution in [0.15, 0.2) is 54.6 Å². The monoisotopic (exact) mass is 224 g/mol. The van der Waals surface area contributed by atoms with Gasteiger partial charge in [-0.05, 0) is 36.1 Å². The molecule has 0 aliphatic heterocycles. The zero-order valence-corrected chi connectivity index (χ0v) is 9.69. The average molecular weight is 224 g/mol. The second-order valence-electron chi connectivity index (χ2n) is 4.43. The Labute approximate surface area is 102 Å². The molecular formula is C15H16N2. The first-order valence-corrected chi connectivity index (χ1v) is 6.08. The van der Waals surface area contributed by atoms with Gasteiger partial charge in [-0.25, -0.2) is 5.43 Å². The molecule has 1 unspecified atom stereocenters. The highest BCUT2D eigenvalue weighted by Gasteiger charge is 2.20. The number of hydrazine groups is 1. The smallest absolute Gasteiger partial charge is 0.0515 e. The van der Waals surface area contributed by atoms with Crippen molar-refractivity contribution in [2.24, 2.45) is 0 Å². The van der Waals surface area contributed by atoms with Gasteiger partial charge in [-0.2, -0.15) is 0 Å². The van der Waals surface area contributed by atoms with Gasteiger partial charge in [0, 0.05) is 5.69 Å². The number of rotatable bonds is 3. The number of hydrogen-bond donors (Lipinski definition) is 2. The molecule has 1 aliphatic carbocycles. The van der Waals surface area contributed by atoms with E-state index in [1.807, 2.05) is 18.2 Å². The van der Waals surface area contributed by atoms with Crippen LogP contribution in [0.1, 0.15) is 23.6 Å². The summed E-state index contributed by atoms with van der Waals surface area (Å²) >= 11 is 0. The summed E-state index contributed by atoms with van der Waals surface area (Å²) in [5.41, 5.74) is 10.7. The molecule has 0 spiro atoms. The third-order valence-electron chi connectivity index (χ3n) is 3.30. The fraction of sp³-hybridized carbons (Fsp3) is 0.200. The average Bonchev–Trinajstić information content (AvgIpc) is 2.81. The maximum Gasteiger partial charge on any atom is 0.0515 e. The van der Waals surface area contributed by atoms with Gasteiger partial charge in [0.15, 0.2) is 0 Å². The van der Waals surface area contributed by atoms with E-state index in [1.54, 1.807) is 0 Å². The second kappa shape index (κ2) is 4.60. The summed E-state index contributed by atoms with van der Waals surface area (Å²) < 4.78 is 0. The van der Waals surface area contributed by atoms with E-state index in [9.17, 15) is 0 Å². The lowest BCUT2D eigenvalue weighted by molar-refractivity contribution is 0.585. The molecule has 0 fully saturated rings. The van der Waals surface area contributed by atoms with Crippen molar-refractivity contribution in [3.63, 3.8) is 0 Å². The summed E-state index contributed by atoms with van der Waals surface area (Å²) in [6, 6.07) is 19.3. The lowest BCUT2D eigenvalue weighted by Crippen LogP contribution is -2.25. The number of nitrogens with one attached hydrogen (secondary N) is 2. The molecule has 0 heterocycles. The van der Waals surface area contributed by atoms with Gasteiger partial charge in [0.2, 0.25) is 0 Å². The molecule has 2 aromatic rings. The standard InChI is InChI=1S/C15H16N2/c1-2-7-13(8-3-1)16-17-15-11-10-12-6-4-5-9-14(12)15/h1-9,15-17H,10-11H2. The molecule has 0 aromatic heterocycles. The first kappa shape index (κ1) is 10.4. The van der Waals surface area contributed by atoms with E-state index in [1.165, 1.54) is 24.0 Å². The van der Waals surface area contributed by atoms with Gasteiger partial charge in [-0.1, -0.05) is 42.5 Å². The van der Waals surface area contributed by atoms with Gasteiger partial charge in [-0.15, -0.1) is 0 Å². The highest BCUT2D eigenvalue weighted by molar-refractivity contribution is 5.42. The summed E-state index contributed by atoms with van der Waals surface area (Å²) in [5.74, 6) is 0. The maximum absolute atomic E-state index is 3.40. The van der Waals surface area contributed by atoms with Crippen molar-refractivity contribution in [3.05, 3.63) is 65.7 Å². The molecule has 2 N–H and O–H groups in total. The third kappa shape index (κ3) is 2.17. The van der Waals surface area contributed by atoms with Gasteiger partial charge in [0.1, 0.15) is 0 Å². The number of benzene rings is 2. The van der Waals surface area contributed by atoms with Crippen molar-refractivity contribution in [1.82, 2.24) is 5.43 Å². The normalized spacial score (nSPS) is 17.8. The van der Waals surface area contributed by atoms with Crippen molar-refractivity contribution >= 4 is 5.69 Å². The Morgan fingerprint density at radius 3 is 2.53 bits per heavy atom. The lowest BCUT2D eigenvalue weighted by Gasteiger charge is -2.15. The fourth-order valence-corrected chi connectivity index (χ4v) is 2.40. The first-order chi connectivity index (χ1) is 8.43. The number of para-hydroxylation sites is 1. The molecule has 0 saturated carbocycles. The second-order valence-corrected chi connectivity index (χ2v) is 4.43. The van der Waals surface area contributed by atoms with Crippen molar-refractivity contribution < 1.29 is 0 Å². The minimum atomic E-state index is 0.423. The van der Waals surface area contributed by atoms with Crippen molar-refractivity contribution in [1.29, 1.82) is 0 Å². The summed E-state index contributed by atoms with van der Waals surface area (Å²) in [5, 5.41) is 0. The Bertz CT molecular complexity index is 493. The summed E-state index contributed by atoms with van der Waals surface area (Å²) in [4.78, 5) is 0. The lowest BCUT2D eigenvalue weighted by atomic mass is 10.1. The Morgan fingerprint density at radius 1 is 0.882 bits per heavy atom. The Kier molecular flexibility index (Phi) is 2.80. The summed E-state index contributed by atoms with van der Waals surface area (Å²) in [6.07, 6.45) is 2.34. The molecule has 0 amide bonds. The van der Waals surface area contributed by atoms with Crippen LogP contribution < -0.4 is 10.9 Å². The fourth-order valence-electron chi connectivity index (χ4n) is 2.40. The van der Waals surface area contributed by atoms with Crippen LogP contribution in [0.5, 0.6) is 0 Å². The zero-order chi connectivity index (χ0) is 11.5. The highest BCUT2D eigenvalue weighted by Crippen LogP contribution is 2.30. The van der Waals surface area contributed by atoms with Crippen LogP contribution in [0.2, 0.25) is 0 Å². The number of aryl methyl sites for hydroxylation is 1. The van der Waals surface area contributed by atoms with Crippen LogP contribution in [-0.4, -0.2) is 0 Å². The predicted octanol–water partition coefficient (Wildman–Crippen LogP) is 3.29.